The van der Waals surface area contributed by atoms with Crippen molar-refractivity contribution in [2.24, 2.45) is 0 Å². The molecule has 0 unspecified atom stereocenters. The summed E-state index contributed by atoms with van der Waals surface area (Å²) in [5.41, 5.74) is 4.21. The van der Waals surface area contributed by atoms with Gasteiger partial charge in [0.1, 0.15) is 17.6 Å². The summed E-state index contributed by atoms with van der Waals surface area (Å²) >= 11 is 5.66. The average Bonchev–Trinajstić information content (AvgIpc) is 2.85. The van der Waals surface area contributed by atoms with E-state index in [-0.39, 0.29) is 22.6 Å². The smallest absolute Gasteiger partial charge is 0.357 e. The van der Waals surface area contributed by atoms with E-state index in [9.17, 15) is 19.3 Å². The number of hydrogen-bond donors (Lipinski definition) is 1. The topological polar surface area (TPSA) is 124 Å². The van der Waals surface area contributed by atoms with Gasteiger partial charge in [-0.1, -0.05) is 11.6 Å². The van der Waals surface area contributed by atoms with E-state index in [1.165, 1.54) is 0 Å². The summed E-state index contributed by atoms with van der Waals surface area (Å²) in [5.74, 6) is -1.92. The SMILES string of the molecule is COC(=O)c1c(N)c(C#N)cn1-c1cc(Cl)c(F)cc1[N+](=O)[O-]. The minimum atomic E-state index is -0.998. The van der Waals surface area contributed by atoms with Gasteiger partial charge in [0.15, 0.2) is 5.69 Å². The molecule has 0 spiro atoms. The molecule has 2 rings (SSSR count). The molecule has 10 heteroatoms. The first-order valence-corrected chi connectivity index (χ1v) is 6.32. The molecule has 0 atom stereocenters. The molecule has 0 fully saturated rings. The van der Waals surface area contributed by atoms with Crippen molar-refractivity contribution in [3.63, 3.8) is 0 Å². The second-order valence-corrected chi connectivity index (χ2v) is 4.70. The van der Waals surface area contributed by atoms with Gasteiger partial charge in [-0.05, 0) is 6.07 Å². The molecule has 2 aromatic rings. The van der Waals surface area contributed by atoms with Gasteiger partial charge in [-0.25, -0.2) is 9.18 Å². The van der Waals surface area contributed by atoms with Crippen LogP contribution < -0.4 is 5.73 Å². The number of nitrogen functional groups attached to an aromatic ring is 1. The van der Waals surface area contributed by atoms with E-state index in [4.69, 9.17) is 22.6 Å². The fourth-order valence-corrected chi connectivity index (χ4v) is 2.13. The van der Waals surface area contributed by atoms with Crippen LogP contribution >= 0.6 is 11.6 Å². The van der Waals surface area contributed by atoms with Crippen LogP contribution in [0, 0.1) is 27.3 Å². The molecule has 0 saturated carbocycles. The van der Waals surface area contributed by atoms with Gasteiger partial charge in [-0.15, -0.1) is 0 Å². The van der Waals surface area contributed by atoms with Gasteiger partial charge in [-0.3, -0.25) is 10.1 Å². The molecule has 0 bridgehead atoms. The maximum atomic E-state index is 13.5. The number of methoxy groups -OCH3 is 1. The fraction of sp³-hybridized carbons (Fsp3) is 0.0769. The van der Waals surface area contributed by atoms with Crippen LogP contribution in [-0.4, -0.2) is 22.6 Å². The lowest BCUT2D eigenvalue weighted by atomic mass is 10.2. The van der Waals surface area contributed by atoms with Crippen molar-refractivity contribution in [1.29, 1.82) is 5.26 Å². The molecule has 0 radical (unpaired) electrons. The lowest BCUT2D eigenvalue weighted by molar-refractivity contribution is -0.384. The quantitative estimate of drug-likeness (QED) is 0.520. The van der Waals surface area contributed by atoms with Crippen molar-refractivity contribution in [3.05, 3.63) is 50.5 Å². The summed E-state index contributed by atoms with van der Waals surface area (Å²) in [4.78, 5) is 22.2. The second kappa shape index (κ2) is 5.94. The first-order chi connectivity index (χ1) is 10.8. The maximum Gasteiger partial charge on any atom is 0.357 e. The van der Waals surface area contributed by atoms with Crippen molar-refractivity contribution >= 4 is 28.9 Å². The van der Waals surface area contributed by atoms with Crippen molar-refractivity contribution in [3.8, 4) is 11.8 Å². The van der Waals surface area contributed by atoms with Crippen LogP contribution in [0.1, 0.15) is 16.1 Å². The molecule has 0 aliphatic carbocycles. The van der Waals surface area contributed by atoms with Crippen LogP contribution in [0.25, 0.3) is 5.69 Å². The van der Waals surface area contributed by atoms with Crippen molar-refractivity contribution in [2.45, 2.75) is 0 Å². The standard InChI is InChI=1S/C13H8ClFN4O4/c1-23-13(20)12-11(17)6(4-16)5-18(12)9-2-7(14)8(15)3-10(9)19(21)22/h2-3,5H,17H2,1H3. The monoisotopic (exact) mass is 338 g/mol. The van der Waals surface area contributed by atoms with E-state index in [2.05, 4.69) is 4.74 Å². The highest BCUT2D eigenvalue weighted by molar-refractivity contribution is 6.31. The lowest BCUT2D eigenvalue weighted by Crippen LogP contribution is -2.12. The van der Waals surface area contributed by atoms with Crippen LogP contribution in [0.4, 0.5) is 15.8 Å². The zero-order valence-electron chi connectivity index (χ0n) is 11.5. The van der Waals surface area contributed by atoms with Gasteiger partial charge >= 0.3 is 5.97 Å². The van der Waals surface area contributed by atoms with Crippen LogP contribution in [0.15, 0.2) is 18.3 Å². The zero-order chi connectivity index (χ0) is 17.3. The number of nitro groups is 1. The molecule has 8 nitrogen and oxygen atoms in total. The van der Waals surface area contributed by atoms with Crippen LogP contribution in [0.5, 0.6) is 0 Å². The Hall–Kier alpha value is -3.12. The third kappa shape index (κ3) is 2.67. The van der Waals surface area contributed by atoms with Gasteiger partial charge in [0.25, 0.3) is 5.69 Å². The number of nitrogens with zero attached hydrogens (tertiary/aromatic N) is 3. The summed E-state index contributed by atoms with van der Waals surface area (Å²) in [6.45, 7) is 0. The number of carbonyl (C=O) groups is 1. The number of nitrogens with two attached hydrogens (primary N) is 1. The molecular weight excluding hydrogens is 331 g/mol. The Kier molecular flexibility index (Phi) is 4.20. The minimum absolute atomic E-state index is 0.0971. The number of carbonyl (C=O) groups excluding carboxylic acids is 1. The van der Waals surface area contributed by atoms with E-state index >= 15 is 0 Å². The molecule has 118 valence electrons. The van der Waals surface area contributed by atoms with E-state index < -0.39 is 27.4 Å². The number of benzene rings is 1. The third-order valence-corrected chi connectivity index (χ3v) is 3.31. The van der Waals surface area contributed by atoms with Gasteiger partial charge < -0.3 is 15.0 Å². The summed E-state index contributed by atoms with van der Waals surface area (Å²) in [7, 11) is 1.08. The number of ether oxygens (including phenoxy) is 1. The maximum absolute atomic E-state index is 13.5. The van der Waals surface area contributed by atoms with Crippen molar-refractivity contribution < 1.29 is 18.8 Å². The molecule has 1 aromatic heterocycles. The number of rotatable bonds is 3. The van der Waals surface area contributed by atoms with Crippen LogP contribution in [0.3, 0.4) is 0 Å². The van der Waals surface area contributed by atoms with Gasteiger partial charge in [-0.2, -0.15) is 5.26 Å². The van der Waals surface area contributed by atoms with Crippen molar-refractivity contribution in [2.75, 3.05) is 12.8 Å². The highest BCUT2D eigenvalue weighted by Crippen LogP contribution is 2.33. The number of nitro benzene ring substituents is 1. The number of anilines is 1. The highest BCUT2D eigenvalue weighted by Gasteiger charge is 2.27. The summed E-state index contributed by atoms with van der Waals surface area (Å²) < 4.78 is 19.0. The predicted octanol–water partition coefficient (Wildman–Crippen LogP) is 2.42. The Morgan fingerprint density at radius 1 is 1.57 bits per heavy atom. The Labute approximate surface area is 133 Å². The summed E-state index contributed by atoms with van der Waals surface area (Å²) in [5, 5.41) is 19.8. The number of nitriles is 1. The molecule has 1 aromatic carbocycles. The Morgan fingerprint density at radius 3 is 2.74 bits per heavy atom. The second-order valence-electron chi connectivity index (χ2n) is 4.29. The van der Waals surface area contributed by atoms with E-state index in [0.29, 0.717) is 6.07 Å². The van der Waals surface area contributed by atoms with Gasteiger partial charge in [0.05, 0.1) is 34.4 Å². The highest BCUT2D eigenvalue weighted by atomic mass is 35.5. The zero-order valence-corrected chi connectivity index (χ0v) is 12.3. The number of aromatic nitrogens is 1. The average molecular weight is 339 g/mol. The van der Waals surface area contributed by atoms with E-state index in [1.807, 2.05) is 0 Å². The lowest BCUT2D eigenvalue weighted by Gasteiger charge is -2.09. The van der Waals surface area contributed by atoms with Gasteiger partial charge in [0.2, 0.25) is 0 Å². The van der Waals surface area contributed by atoms with E-state index in [0.717, 1.165) is 23.9 Å². The predicted molar refractivity (Wildman–Crippen MR) is 77.9 cm³/mol. The number of halogens is 2. The molecule has 0 aliphatic rings. The van der Waals surface area contributed by atoms with Gasteiger partial charge in [0, 0.05) is 6.20 Å². The molecule has 23 heavy (non-hydrogen) atoms. The largest absolute Gasteiger partial charge is 0.464 e. The summed E-state index contributed by atoms with van der Waals surface area (Å²) in [6, 6.07) is 3.32. The molecule has 2 N–H and O–H groups in total. The molecule has 1 heterocycles. The Balaban J connectivity index is 2.87. The third-order valence-electron chi connectivity index (χ3n) is 3.02. The van der Waals surface area contributed by atoms with Crippen LogP contribution in [-0.2, 0) is 4.74 Å². The Bertz CT molecular complexity index is 872. The minimum Gasteiger partial charge on any atom is -0.464 e. The number of hydrogen-bond acceptors (Lipinski definition) is 6. The Morgan fingerprint density at radius 2 is 2.22 bits per heavy atom. The first kappa shape index (κ1) is 16.3. The van der Waals surface area contributed by atoms with Crippen LogP contribution in [0.2, 0.25) is 5.02 Å². The molecule has 0 saturated heterocycles. The normalized spacial score (nSPS) is 10.2. The first-order valence-electron chi connectivity index (χ1n) is 5.94. The summed E-state index contributed by atoms with van der Waals surface area (Å²) in [6.07, 6.45) is 1.11. The van der Waals surface area contributed by atoms with Crippen molar-refractivity contribution in [1.82, 2.24) is 4.57 Å². The van der Waals surface area contributed by atoms with E-state index in [1.54, 1.807) is 6.07 Å². The molecular formula is C13H8ClFN4O4. The fourth-order valence-electron chi connectivity index (χ4n) is 1.97. The number of esters is 1. The molecule has 0 aliphatic heterocycles. The molecule has 0 amide bonds.